The van der Waals surface area contributed by atoms with Gasteiger partial charge in [0.25, 0.3) is 5.91 Å². The maximum atomic E-state index is 12.9. The van der Waals surface area contributed by atoms with Crippen LogP contribution in [0.3, 0.4) is 0 Å². The molecule has 5 amide bonds. The number of ether oxygens (including phenoxy) is 4. The number of benzene rings is 1. The van der Waals surface area contributed by atoms with Gasteiger partial charge in [-0.2, -0.15) is 0 Å². The number of rotatable bonds is 15. The molecule has 0 aromatic heterocycles. The zero-order valence-corrected chi connectivity index (χ0v) is 24.4. The average molecular weight is 592 g/mol. The molecule has 3 rings (SSSR count). The first-order valence-electron chi connectivity index (χ1n) is 14.0. The molecule has 4 N–H and O–H groups in total. The fraction of sp³-hybridized carbons (Fsp3) is 0.607. The molecule has 1 aromatic rings. The molecule has 1 aromatic carbocycles. The van der Waals surface area contributed by atoms with Crippen molar-refractivity contribution in [2.45, 2.75) is 51.8 Å². The molecule has 14 heteroatoms. The van der Waals surface area contributed by atoms with Crippen LogP contribution in [-0.2, 0) is 39.9 Å². The minimum absolute atomic E-state index is 0.152. The summed E-state index contributed by atoms with van der Waals surface area (Å²) in [5, 5.41) is 5.04. The Morgan fingerprint density at radius 2 is 1.74 bits per heavy atom. The summed E-state index contributed by atoms with van der Waals surface area (Å²) in [6, 6.07) is 4.25. The Bertz CT molecular complexity index is 1140. The Balaban J connectivity index is 1.30. The van der Waals surface area contributed by atoms with Crippen LogP contribution in [0, 0.1) is 0 Å². The monoisotopic (exact) mass is 591 g/mol. The molecule has 2 aliphatic heterocycles. The lowest BCUT2D eigenvalue weighted by Gasteiger charge is -2.29. The normalized spacial score (nSPS) is 16.7. The standard InChI is InChI=1S/C28H41N5O9/c1-28(2,3)42-27(38)32(10-9-29)11-12-39-13-14-40-15-16-41-18-24(35)30-21-6-4-5-19-20(21)17-33(26(19)37)22-7-8-23(34)31-25(22)36/h4-6,22H,7-18,29H2,1-3H3,(H,30,35)(H,31,34,36). The van der Waals surface area contributed by atoms with Crippen LogP contribution < -0.4 is 16.4 Å². The molecule has 0 radical (unpaired) electrons. The van der Waals surface area contributed by atoms with E-state index in [1.807, 2.05) is 0 Å². The topological polar surface area (TPSA) is 179 Å². The highest BCUT2D eigenvalue weighted by molar-refractivity contribution is 6.06. The first kappa shape index (κ1) is 32.9. The highest BCUT2D eigenvalue weighted by Crippen LogP contribution is 2.32. The van der Waals surface area contributed by atoms with Crippen LogP contribution >= 0.6 is 0 Å². The molecule has 1 atom stereocenters. The van der Waals surface area contributed by atoms with E-state index in [9.17, 15) is 24.0 Å². The first-order valence-corrected chi connectivity index (χ1v) is 14.0. The number of nitrogens with one attached hydrogen (secondary N) is 2. The molecule has 0 spiro atoms. The van der Waals surface area contributed by atoms with Crippen LogP contribution in [0.4, 0.5) is 10.5 Å². The van der Waals surface area contributed by atoms with E-state index < -0.39 is 29.6 Å². The molecule has 1 unspecified atom stereocenters. The average Bonchev–Trinajstić information content (AvgIpc) is 3.25. The zero-order valence-electron chi connectivity index (χ0n) is 24.4. The third-order valence-electron chi connectivity index (χ3n) is 6.39. The fourth-order valence-corrected chi connectivity index (χ4v) is 4.45. The number of carbonyl (C=O) groups is 5. The lowest BCUT2D eigenvalue weighted by molar-refractivity contribution is -0.137. The highest BCUT2D eigenvalue weighted by atomic mass is 16.6. The van der Waals surface area contributed by atoms with E-state index in [1.165, 1.54) is 9.80 Å². The molecule has 2 heterocycles. The fourth-order valence-electron chi connectivity index (χ4n) is 4.45. The molecule has 0 aliphatic carbocycles. The molecule has 1 saturated heterocycles. The summed E-state index contributed by atoms with van der Waals surface area (Å²) in [5.74, 6) is -1.56. The molecule has 0 bridgehead atoms. The number of carbonyl (C=O) groups excluding carboxylic acids is 5. The number of piperidine rings is 1. The first-order chi connectivity index (χ1) is 20.0. The Kier molecular flexibility index (Phi) is 12.2. The quantitative estimate of drug-likeness (QED) is 0.194. The van der Waals surface area contributed by atoms with Crippen LogP contribution in [-0.4, -0.2) is 110 Å². The number of hydrogen-bond acceptors (Lipinski definition) is 10. The lowest BCUT2D eigenvalue weighted by atomic mass is 10.0. The van der Waals surface area contributed by atoms with E-state index in [0.29, 0.717) is 56.3 Å². The Labute approximate surface area is 245 Å². The third kappa shape index (κ3) is 9.76. The highest BCUT2D eigenvalue weighted by Gasteiger charge is 2.40. The van der Waals surface area contributed by atoms with Crippen molar-refractivity contribution < 1.29 is 42.9 Å². The van der Waals surface area contributed by atoms with E-state index in [0.717, 1.165) is 0 Å². The van der Waals surface area contributed by atoms with E-state index in [4.69, 9.17) is 24.7 Å². The van der Waals surface area contributed by atoms with Crippen molar-refractivity contribution in [3.8, 4) is 0 Å². The van der Waals surface area contributed by atoms with Gasteiger partial charge < -0.3 is 39.8 Å². The van der Waals surface area contributed by atoms with Gasteiger partial charge in [0.2, 0.25) is 17.7 Å². The lowest BCUT2D eigenvalue weighted by Crippen LogP contribution is -2.52. The predicted octanol–water partition coefficient (Wildman–Crippen LogP) is 0.632. The van der Waals surface area contributed by atoms with Gasteiger partial charge >= 0.3 is 6.09 Å². The number of hydrogen-bond donors (Lipinski definition) is 3. The molecule has 0 saturated carbocycles. The summed E-state index contributed by atoms with van der Waals surface area (Å²) >= 11 is 0. The maximum Gasteiger partial charge on any atom is 0.410 e. The van der Waals surface area contributed by atoms with E-state index in [1.54, 1.807) is 39.0 Å². The van der Waals surface area contributed by atoms with E-state index >= 15 is 0 Å². The second-order valence-electron chi connectivity index (χ2n) is 10.8. The van der Waals surface area contributed by atoms with Gasteiger partial charge in [-0.1, -0.05) is 6.07 Å². The van der Waals surface area contributed by atoms with Gasteiger partial charge in [-0.05, 0) is 39.3 Å². The molecule has 14 nitrogen and oxygen atoms in total. The van der Waals surface area contributed by atoms with E-state index in [-0.39, 0.29) is 51.0 Å². The second-order valence-corrected chi connectivity index (χ2v) is 10.8. The van der Waals surface area contributed by atoms with Crippen LogP contribution in [0.5, 0.6) is 0 Å². The predicted molar refractivity (Wildman–Crippen MR) is 150 cm³/mol. The smallest absolute Gasteiger partial charge is 0.410 e. The van der Waals surface area contributed by atoms with Crippen molar-refractivity contribution >= 4 is 35.4 Å². The number of fused-ring (bicyclic) bond motifs is 1. The molecule has 2 aliphatic rings. The molecule has 42 heavy (non-hydrogen) atoms. The van der Waals surface area contributed by atoms with Crippen LogP contribution in [0.2, 0.25) is 0 Å². The third-order valence-corrected chi connectivity index (χ3v) is 6.39. The zero-order chi connectivity index (χ0) is 30.7. The van der Waals surface area contributed by atoms with Crippen LogP contribution in [0.15, 0.2) is 18.2 Å². The van der Waals surface area contributed by atoms with Gasteiger partial charge in [0, 0.05) is 49.4 Å². The van der Waals surface area contributed by atoms with Crippen molar-refractivity contribution in [1.82, 2.24) is 15.1 Å². The summed E-state index contributed by atoms with van der Waals surface area (Å²) < 4.78 is 21.7. The molecule has 232 valence electrons. The molecular formula is C28H41N5O9. The Morgan fingerprint density at radius 3 is 2.40 bits per heavy atom. The largest absolute Gasteiger partial charge is 0.444 e. The minimum Gasteiger partial charge on any atom is -0.444 e. The Hall–Kier alpha value is -3.59. The summed E-state index contributed by atoms with van der Waals surface area (Å²) in [6.07, 6.45) is -0.0125. The number of imide groups is 1. The van der Waals surface area contributed by atoms with Crippen LogP contribution in [0.1, 0.15) is 49.5 Å². The maximum absolute atomic E-state index is 12.9. The minimum atomic E-state index is -0.733. The van der Waals surface area contributed by atoms with Crippen molar-refractivity contribution in [2.75, 3.05) is 64.6 Å². The van der Waals surface area contributed by atoms with Gasteiger partial charge in [0.15, 0.2) is 0 Å². The van der Waals surface area contributed by atoms with Crippen molar-refractivity contribution in [3.05, 3.63) is 29.3 Å². The van der Waals surface area contributed by atoms with Gasteiger partial charge in [-0.3, -0.25) is 24.5 Å². The summed E-state index contributed by atoms with van der Waals surface area (Å²) in [5.41, 5.74) is 6.48. The van der Waals surface area contributed by atoms with Gasteiger partial charge in [-0.15, -0.1) is 0 Å². The van der Waals surface area contributed by atoms with Gasteiger partial charge in [0.1, 0.15) is 18.2 Å². The number of anilines is 1. The van der Waals surface area contributed by atoms with E-state index in [2.05, 4.69) is 10.6 Å². The van der Waals surface area contributed by atoms with Crippen molar-refractivity contribution in [3.63, 3.8) is 0 Å². The number of nitrogens with zero attached hydrogens (tertiary/aromatic N) is 2. The second kappa shape index (κ2) is 15.6. The summed E-state index contributed by atoms with van der Waals surface area (Å²) in [7, 11) is 0. The summed E-state index contributed by atoms with van der Waals surface area (Å²) in [4.78, 5) is 64.3. The number of nitrogens with two attached hydrogens (primary N) is 1. The molecular weight excluding hydrogens is 550 g/mol. The van der Waals surface area contributed by atoms with Crippen molar-refractivity contribution in [1.29, 1.82) is 0 Å². The number of amides is 5. The summed E-state index contributed by atoms with van der Waals surface area (Å²) in [6.45, 7) is 7.74. The van der Waals surface area contributed by atoms with Gasteiger partial charge in [-0.25, -0.2) is 4.79 Å². The van der Waals surface area contributed by atoms with Crippen molar-refractivity contribution in [2.24, 2.45) is 5.73 Å². The Morgan fingerprint density at radius 1 is 1.05 bits per heavy atom. The SMILES string of the molecule is CC(C)(C)OC(=O)N(CCN)CCOCCOCCOCC(=O)Nc1cccc2c1CN(C1CCC(=O)NC1=O)C2=O. The van der Waals surface area contributed by atoms with Gasteiger partial charge in [0.05, 0.1) is 33.0 Å². The molecule has 1 fully saturated rings. The van der Waals surface area contributed by atoms with Crippen LogP contribution in [0.25, 0.3) is 0 Å².